The van der Waals surface area contributed by atoms with Gasteiger partial charge in [0.15, 0.2) is 5.78 Å². The van der Waals surface area contributed by atoms with Crippen LogP contribution >= 0.6 is 23.2 Å². The van der Waals surface area contributed by atoms with Crippen LogP contribution in [-0.2, 0) is 0 Å². The van der Waals surface area contributed by atoms with E-state index in [2.05, 4.69) is 0 Å². The van der Waals surface area contributed by atoms with Gasteiger partial charge < -0.3 is 5.73 Å². The summed E-state index contributed by atoms with van der Waals surface area (Å²) < 4.78 is 13.3. The van der Waals surface area contributed by atoms with Crippen LogP contribution in [0.15, 0.2) is 30.3 Å². The molecule has 0 amide bonds. The molecule has 2 N–H and O–H groups in total. The largest absolute Gasteiger partial charge is 0.398 e. The SMILES string of the molecule is Cc1cc(C(=O)c2c(N)cccc2Cl)c(Cl)cc1F. The van der Waals surface area contributed by atoms with Crippen LogP contribution in [0.3, 0.4) is 0 Å². The van der Waals surface area contributed by atoms with Crippen molar-refractivity contribution < 1.29 is 9.18 Å². The Bertz CT molecular complexity index is 650. The van der Waals surface area contributed by atoms with E-state index in [1.54, 1.807) is 25.1 Å². The van der Waals surface area contributed by atoms with E-state index in [9.17, 15) is 9.18 Å². The summed E-state index contributed by atoms with van der Waals surface area (Å²) in [5.74, 6) is -0.884. The Balaban J connectivity index is 2.60. The minimum atomic E-state index is -0.464. The van der Waals surface area contributed by atoms with Crippen molar-refractivity contribution in [3.8, 4) is 0 Å². The van der Waals surface area contributed by atoms with Gasteiger partial charge in [-0.15, -0.1) is 0 Å². The van der Waals surface area contributed by atoms with E-state index in [1.165, 1.54) is 6.07 Å². The Morgan fingerprint density at radius 3 is 2.53 bits per heavy atom. The molecule has 0 unspecified atom stereocenters. The molecule has 0 saturated carbocycles. The van der Waals surface area contributed by atoms with Crippen molar-refractivity contribution in [2.24, 2.45) is 0 Å². The van der Waals surface area contributed by atoms with Gasteiger partial charge >= 0.3 is 0 Å². The maximum absolute atomic E-state index is 13.3. The second kappa shape index (κ2) is 5.19. The third-order valence-corrected chi connectivity index (χ3v) is 3.39. The lowest BCUT2D eigenvalue weighted by Crippen LogP contribution is -2.07. The Morgan fingerprint density at radius 2 is 1.89 bits per heavy atom. The summed E-state index contributed by atoms with van der Waals surface area (Å²) in [6, 6.07) is 7.28. The lowest BCUT2D eigenvalue weighted by atomic mass is 10.00. The molecule has 0 saturated heterocycles. The number of anilines is 1. The summed E-state index contributed by atoms with van der Waals surface area (Å²) in [4.78, 5) is 12.4. The first kappa shape index (κ1) is 13.8. The molecule has 2 nitrogen and oxygen atoms in total. The van der Waals surface area contributed by atoms with E-state index >= 15 is 0 Å². The van der Waals surface area contributed by atoms with E-state index in [0.717, 1.165) is 6.07 Å². The number of hydrogen-bond donors (Lipinski definition) is 1. The Kier molecular flexibility index (Phi) is 3.78. The number of halogens is 3. The van der Waals surface area contributed by atoms with Gasteiger partial charge in [-0.1, -0.05) is 29.3 Å². The summed E-state index contributed by atoms with van der Waals surface area (Å²) in [5.41, 5.74) is 6.71. The molecule has 19 heavy (non-hydrogen) atoms. The van der Waals surface area contributed by atoms with E-state index in [4.69, 9.17) is 28.9 Å². The maximum atomic E-state index is 13.3. The quantitative estimate of drug-likeness (QED) is 0.665. The first-order valence-electron chi connectivity index (χ1n) is 5.46. The first-order valence-corrected chi connectivity index (χ1v) is 6.21. The van der Waals surface area contributed by atoms with Crippen molar-refractivity contribution in [1.29, 1.82) is 0 Å². The zero-order valence-corrected chi connectivity index (χ0v) is 11.5. The summed E-state index contributed by atoms with van der Waals surface area (Å²) in [7, 11) is 0. The number of carbonyl (C=O) groups excluding carboxylic acids is 1. The summed E-state index contributed by atoms with van der Waals surface area (Å²) in [6.45, 7) is 1.55. The molecular formula is C14H10Cl2FNO. The van der Waals surface area contributed by atoms with Crippen molar-refractivity contribution >= 4 is 34.7 Å². The lowest BCUT2D eigenvalue weighted by Gasteiger charge is -2.09. The fraction of sp³-hybridized carbons (Fsp3) is 0.0714. The number of nitrogen functional groups attached to an aromatic ring is 1. The zero-order chi connectivity index (χ0) is 14.2. The van der Waals surface area contributed by atoms with Gasteiger partial charge in [0, 0.05) is 11.3 Å². The molecule has 0 bridgehead atoms. The number of ketones is 1. The smallest absolute Gasteiger partial charge is 0.198 e. The summed E-state index contributed by atoms with van der Waals surface area (Å²) in [6.07, 6.45) is 0. The van der Waals surface area contributed by atoms with Gasteiger partial charge in [0.05, 0.1) is 15.6 Å². The van der Waals surface area contributed by atoms with E-state index in [-0.39, 0.29) is 26.9 Å². The van der Waals surface area contributed by atoms with Gasteiger partial charge in [-0.25, -0.2) is 4.39 Å². The molecular weight excluding hydrogens is 288 g/mol. The number of rotatable bonds is 2. The van der Waals surface area contributed by atoms with Crippen molar-refractivity contribution in [2.75, 3.05) is 5.73 Å². The van der Waals surface area contributed by atoms with Crippen LogP contribution < -0.4 is 5.73 Å². The molecule has 0 fully saturated rings. The minimum Gasteiger partial charge on any atom is -0.398 e. The Morgan fingerprint density at radius 1 is 1.21 bits per heavy atom. The molecule has 0 radical (unpaired) electrons. The van der Waals surface area contributed by atoms with Gasteiger partial charge in [0.25, 0.3) is 0 Å². The predicted molar refractivity (Wildman–Crippen MR) is 75.4 cm³/mol. The summed E-state index contributed by atoms with van der Waals surface area (Å²) in [5, 5.41) is 0.274. The van der Waals surface area contributed by atoms with Crippen LogP contribution in [0, 0.1) is 12.7 Å². The van der Waals surface area contributed by atoms with Crippen molar-refractivity contribution in [2.45, 2.75) is 6.92 Å². The molecule has 2 aromatic carbocycles. The van der Waals surface area contributed by atoms with Gasteiger partial charge in [0.2, 0.25) is 0 Å². The van der Waals surface area contributed by atoms with Crippen LogP contribution in [-0.4, -0.2) is 5.78 Å². The second-order valence-electron chi connectivity index (χ2n) is 4.11. The number of carbonyl (C=O) groups is 1. The van der Waals surface area contributed by atoms with Crippen molar-refractivity contribution in [3.63, 3.8) is 0 Å². The number of hydrogen-bond acceptors (Lipinski definition) is 2. The monoisotopic (exact) mass is 297 g/mol. The first-order chi connectivity index (χ1) is 8.91. The number of nitrogens with two attached hydrogens (primary N) is 1. The number of aryl methyl sites for hydroxylation is 1. The van der Waals surface area contributed by atoms with E-state index in [0.29, 0.717) is 5.56 Å². The Hall–Kier alpha value is -1.58. The van der Waals surface area contributed by atoms with E-state index < -0.39 is 11.6 Å². The zero-order valence-electron chi connectivity index (χ0n) is 10.0. The average Bonchev–Trinajstić information content (AvgIpc) is 2.33. The second-order valence-corrected chi connectivity index (χ2v) is 4.93. The molecule has 0 heterocycles. The van der Waals surface area contributed by atoms with Gasteiger partial charge in [-0.05, 0) is 36.8 Å². The van der Waals surface area contributed by atoms with Crippen LogP contribution in [0.25, 0.3) is 0 Å². The molecule has 0 aromatic heterocycles. The molecule has 0 spiro atoms. The van der Waals surface area contributed by atoms with Crippen LogP contribution in [0.4, 0.5) is 10.1 Å². The summed E-state index contributed by atoms with van der Waals surface area (Å²) >= 11 is 11.9. The van der Waals surface area contributed by atoms with Gasteiger partial charge in [-0.2, -0.15) is 0 Å². The van der Waals surface area contributed by atoms with Crippen molar-refractivity contribution in [3.05, 3.63) is 62.9 Å². The molecule has 0 aliphatic heterocycles. The molecule has 2 aromatic rings. The highest BCUT2D eigenvalue weighted by molar-refractivity contribution is 6.39. The van der Waals surface area contributed by atoms with Crippen LogP contribution in [0.5, 0.6) is 0 Å². The Labute approximate surface area is 119 Å². The van der Waals surface area contributed by atoms with Crippen LogP contribution in [0.2, 0.25) is 10.0 Å². The highest BCUT2D eigenvalue weighted by atomic mass is 35.5. The molecule has 2 rings (SSSR count). The molecule has 98 valence electrons. The molecule has 5 heteroatoms. The average molecular weight is 298 g/mol. The lowest BCUT2D eigenvalue weighted by molar-refractivity contribution is 0.103. The third-order valence-electron chi connectivity index (χ3n) is 2.77. The fourth-order valence-corrected chi connectivity index (χ4v) is 2.25. The predicted octanol–water partition coefficient (Wildman–Crippen LogP) is 4.25. The molecule has 0 atom stereocenters. The van der Waals surface area contributed by atoms with Crippen LogP contribution in [0.1, 0.15) is 21.5 Å². The maximum Gasteiger partial charge on any atom is 0.198 e. The normalized spacial score (nSPS) is 10.5. The van der Waals surface area contributed by atoms with E-state index in [1.807, 2.05) is 0 Å². The third kappa shape index (κ3) is 2.57. The number of benzene rings is 2. The topological polar surface area (TPSA) is 43.1 Å². The van der Waals surface area contributed by atoms with Gasteiger partial charge in [0.1, 0.15) is 5.82 Å². The highest BCUT2D eigenvalue weighted by Crippen LogP contribution is 2.29. The van der Waals surface area contributed by atoms with Gasteiger partial charge in [-0.3, -0.25) is 4.79 Å². The fourth-order valence-electron chi connectivity index (χ4n) is 1.75. The minimum absolute atomic E-state index is 0.0346. The molecule has 0 aliphatic rings. The molecule has 0 aliphatic carbocycles. The van der Waals surface area contributed by atoms with Crippen molar-refractivity contribution in [1.82, 2.24) is 0 Å². The standard InChI is InChI=1S/C14H10Cl2FNO/c1-7-5-8(10(16)6-11(7)17)14(19)13-9(15)3-2-4-12(13)18/h2-6H,18H2,1H3. The highest BCUT2D eigenvalue weighted by Gasteiger charge is 2.19.